The lowest BCUT2D eigenvalue weighted by Crippen LogP contribution is -2.49. The molecule has 26 heavy (non-hydrogen) atoms. The standard InChI is InChI=1S/C19H30N4O3/c1-4-15-17(13(3)24)12(2)22-18(15)19(26)23-10-6-5-7-14(23)11-21-16(25)8-9-20/h14,22H,4-11,20H2,1-3H3,(H,21,25). The van der Waals surface area contributed by atoms with E-state index in [1.165, 1.54) is 6.92 Å². The molecule has 7 heteroatoms. The normalized spacial score (nSPS) is 17.2. The number of hydrogen-bond donors (Lipinski definition) is 3. The number of carbonyl (C=O) groups excluding carboxylic acids is 3. The average molecular weight is 362 g/mol. The Balaban J connectivity index is 2.22. The second kappa shape index (κ2) is 8.98. The number of nitrogens with zero attached hydrogens (tertiary/aromatic N) is 1. The molecule has 1 aliphatic rings. The Hall–Kier alpha value is -2.15. The van der Waals surface area contributed by atoms with Crippen molar-refractivity contribution in [2.24, 2.45) is 5.73 Å². The Bertz CT molecular complexity index is 681. The van der Waals surface area contributed by atoms with Gasteiger partial charge in [-0.3, -0.25) is 14.4 Å². The summed E-state index contributed by atoms with van der Waals surface area (Å²) in [4.78, 5) is 41.8. The molecule has 0 saturated carbocycles. The second-order valence-corrected chi connectivity index (χ2v) is 6.88. The van der Waals surface area contributed by atoms with Crippen LogP contribution in [0, 0.1) is 6.92 Å². The highest BCUT2D eigenvalue weighted by atomic mass is 16.2. The third kappa shape index (κ3) is 4.33. The molecular formula is C19H30N4O3. The molecule has 0 radical (unpaired) electrons. The van der Waals surface area contributed by atoms with Crippen molar-refractivity contribution in [1.29, 1.82) is 0 Å². The number of Topliss-reactive ketones (excluding diaryl/α,β-unsaturated/α-hetero) is 1. The lowest BCUT2D eigenvalue weighted by Gasteiger charge is -2.36. The third-order valence-corrected chi connectivity index (χ3v) is 5.00. The third-order valence-electron chi connectivity index (χ3n) is 5.00. The van der Waals surface area contributed by atoms with E-state index in [0.717, 1.165) is 30.5 Å². The van der Waals surface area contributed by atoms with Gasteiger partial charge in [-0.25, -0.2) is 0 Å². The molecule has 1 atom stereocenters. The summed E-state index contributed by atoms with van der Waals surface area (Å²) in [7, 11) is 0. The molecule has 2 heterocycles. The molecule has 2 rings (SSSR count). The van der Waals surface area contributed by atoms with E-state index in [4.69, 9.17) is 5.73 Å². The van der Waals surface area contributed by atoms with Gasteiger partial charge in [-0.2, -0.15) is 0 Å². The van der Waals surface area contributed by atoms with Crippen LogP contribution in [-0.4, -0.2) is 53.2 Å². The van der Waals surface area contributed by atoms with Crippen LogP contribution in [0.15, 0.2) is 0 Å². The van der Waals surface area contributed by atoms with Crippen LogP contribution in [0.4, 0.5) is 0 Å². The van der Waals surface area contributed by atoms with Crippen LogP contribution in [-0.2, 0) is 11.2 Å². The number of likely N-dealkylation sites (tertiary alicyclic amines) is 1. The first kappa shape index (κ1) is 20.2. The zero-order valence-electron chi connectivity index (χ0n) is 16.0. The molecule has 144 valence electrons. The Morgan fingerprint density at radius 2 is 2.04 bits per heavy atom. The fourth-order valence-electron chi connectivity index (χ4n) is 3.76. The van der Waals surface area contributed by atoms with E-state index in [1.807, 2.05) is 18.7 Å². The molecule has 1 aromatic rings. The van der Waals surface area contributed by atoms with Gasteiger partial charge in [0.15, 0.2) is 5.78 Å². The van der Waals surface area contributed by atoms with Gasteiger partial charge in [0.05, 0.1) is 0 Å². The lowest BCUT2D eigenvalue weighted by molar-refractivity contribution is -0.121. The number of carbonyl (C=O) groups is 3. The van der Waals surface area contributed by atoms with Gasteiger partial charge in [0.25, 0.3) is 5.91 Å². The predicted octanol–water partition coefficient (Wildman–Crippen LogP) is 1.55. The van der Waals surface area contributed by atoms with Crippen LogP contribution in [0.2, 0.25) is 0 Å². The minimum absolute atomic E-state index is 0.0288. The molecule has 4 N–H and O–H groups in total. The lowest BCUT2D eigenvalue weighted by atomic mass is 9.99. The first-order valence-electron chi connectivity index (χ1n) is 9.40. The van der Waals surface area contributed by atoms with Gasteiger partial charge < -0.3 is 20.9 Å². The molecule has 1 aliphatic heterocycles. The van der Waals surface area contributed by atoms with E-state index in [2.05, 4.69) is 10.3 Å². The molecule has 1 fully saturated rings. The molecule has 0 bridgehead atoms. The van der Waals surface area contributed by atoms with Crippen molar-refractivity contribution in [3.8, 4) is 0 Å². The van der Waals surface area contributed by atoms with E-state index >= 15 is 0 Å². The highest BCUT2D eigenvalue weighted by Gasteiger charge is 2.31. The zero-order valence-corrected chi connectivity index (χ0v) is 16.0. The topological polar surface area (TPSA) is 108 Å². The highest BCUT2D eigenvalue weighted by Crippen LogP contribution is 2.25. The van der Waals surface area contributed by atoms with Crippen LogP contribution in [0.5, 0.6) is 0 Å². The molecule has 2 amide bonds. The van der Waals surface area contributed by atoms with Crippen LogP contribution >= 0.6 is 0 Å². The quantitative estimate of drug-likeness (QED) is 0.639. The first-order valence-corrected chi connectivity index (χ1v) is 9.40. The van der Waals surface area contributed by atoms with Gasteiger partial charge in [0.1, 0.15) is 5.69 Å². The second-order valence-electron chi connectivity index (χ2n) is 6.88. The Morgan fingerprint density at radius 3 is 2.65 bits per heavy atom. The molecule has 1 unspecified atom stereocenters. The van der Waals surface area contributed by atoms with Crippen LogP contribution < -0.4 is 11.1 Å². The van der Waals surface area contributed by atoms with Gasteiger partial charge >= 0.3 is 0 Å². The number of nitrogens with one attached hydrogen (secondary N) is 2. The van der Waals surface area contributed by atoms with Crippen molar-refractivity contribution in [2.45, 2.75) is 58.9 Å². The summed E-state index contributed by atoms with van der Waals surface area (Å²) in [5.41, 5.74) is 8.07. The number of nitrogens with two attached hydrogens (primary N) is 1. The summed E-state index contributed by atoms with van der Waals surface area (Å²) >= 11 is 0. The van der Waals surface area contributed by atoms with Gasteiger partial charge in [-0.05, 0) is 45.1 Å². The van der Waals surface area contributed by atoms with Crippen molar-refractivity contribution in [2.75, 3.05) is 19.6 Å². The fourth-order valence-corrected chi connectivity index (χ4v) is 3.76. The Morgan fingerprint density at radius 1 is 1.31 bits per heavy atom. The number of aromatic nitrogens is 1. The largest absolute Gasteiger partial charge is 0.354 e. The van der Waals surface area contributed by atoms with Crippen molar-refractivity contribution in [1.82, 2.24) is 15.2 Å². The maximum absolute atomic E-state index is 13.2. The zero-order chi connectivity index (χ0) is 19.3. The van der Waals surface area contributed by atoms with Crippen molar-refractivity contribution in [3.63, 3.8) is 0 Å². The molecule has 1 saturated heterocycles. The number of aryl methyl sites for hydroxylation is 1. The summed E-state index contributed by atoms with van der Waals surface area (Å²) in [6.07, 6.45) is 3.74. The minimum Gasteiger partial charge on any atom is -0.354 e. The average Bonchev–Trinajstić information content (AvgIpc) is 2.96. The minimum atomic E-state index is -0.0886. The van der Waals surface area contributed by atoms with Gasteiger partial charge in [0.2, 0.25) is 5.91 Å². The first-order chi connectivity index (χ1) is 12.4. The number of rotatable bonds is 7. The van der Waals surface area contributed by atoms with E-state index in [0.29, 0.717) is 43.7 Å². The highest BCUT2D eigenvalue weighted by molar-refractivity contribution is 6.02. The summed E-state index contributed by atoms with van der Waals surface area (Å²) in [6.45, 7) is 6.72. The number of H-pyrrole nitrogens is 1. The SMILES string of the molecule is CCc1c(C(=O)N2CCCCC2CNC(=O)CCN)[nH]c(C)c1C(C)=O. The summed E-state index contributed by atoms with van der Waals surface area (Å²) < 4.78 is 0. The Kier molecular flexibility index (Phi) is 6.97. The molecule has 7 nitrogen and oxygen atoms in total. The molecule has 0 aromatic carbocycles. The van der Waals surface area contributed by atoms with Crippen molar-refractivity contribution in [3.05, 3.63) is 22.5 Å². The van der Waals surface area contributed by atoms with E-state index in [9.17, 15) is 14.4 Å². The number of ketones is 1. The summed E-state index contributed by atoms with van der Waals surface area (Å²) in [5.74, 6) is -0.205. The maximum Gasteiger partial charge on any atom is 0.270 e. The monoisotopic (exact) mass is 362 g/mol. The van der Waals surface area contributed by atoms with E-state index in [-0.39, 0.29) is 23.6 Å². The fraction of sp³-hybridized carbons (Fsp3) is 0.632. The Labute approximate surface area is 154 Å². The van der Waals surface area contributed by atoms with Crippen LogP contribution in [0.3, 0.4) is 0 Å². The number of amides is 2. The van der Waals surface area contributed by atoms with Gasteiger partial charge in [-0.1, -0.05) is 6.92 Å². The molecule has 0 spiro atoms. The number of piperidine rings is 1. The maximum atomic E-state index is 13.2. The van der Waals surface area contributed by atoms with Crippen molar-refractivity contribution < 1.29 is 14.4 Å². The summed E-state index contributed by atoms with van der Waals surface area (Å²) in [5, 5.41) is 2.88. The summed E-state index contributed by atoms with van der Waals surface area (Å²) in [6, 6.07) is -0.0351. The van der Waals surface area contributed by atoms with Crippen molar-refractivity contribution >= 4 is 17.6 Å². The van der Waals surface area contributed by atoms with Crippen LogP contribution in [0.1, 0.15) is 71.6 Å². The number of hydrogen-bond acceptors (Lipinski definition) is 4. The molecular weight excluding hydrogens is 332 g/mol. The van der Waals surface area contributed by atoms with Gasteiger partial charge in [0, 0.05) is 43.4 Å². The van der Waals surface area contributed by atoms with Gasteiger partial charge in [-0.15, -0.1) is 0 Å². The number of aromatic amines is 1. The van der Waals surface area contributed by atoms with E-state index < -0.39 is 0 Å². The molecule has 1 aromatic heterocycles. The smallest absolute Gasteiger partial charge is 0.270 e. The predicted molar refractivity (Wildman–Crippen MR) is 100 cm³/mol. The van der Waals surface area contributed by atoms with Crippen LogP contribution in [0.25, 0.3) is 0 Å². The van der Waals surface area contributed by atoms with E-state index in [1.54, 1.807) is 0 Å². The molecule has 0 aliphatic carbocycles.